The monoisotopic (exact) mass is 594 g/mol. The van der Waals surface area contributed by atoms with Crippen molar-refractivity contribution in [3.05, 3.63) is 84.6 Å². The molecule has 2 unspecified atom stereocenters. The van der Waals surface area contributed by atoms with Crippen molar-refractivity contribution in [2.24, 2.45) is 5.11 Å². The van der Waals surface area contributed by atoms with E-state index < -0.39 is 11.7 Å². The summed E-state index contributed by atoms with van der Waals surface area (Å²) in [6.45, 7) is 9.15. The molecule has 3 heterocycles. The number of pyridine rings is 1. The van der Waals surface area contributed by atoms with Crippen LogP contribution in [0.4, 0.5) is 27.3 Å². The average Bonchev–Trinajstić information content (AvgIpc) is 3.04. The van der Waals surface area contributed by atoms with E-state index in [9.17, 15) is 9.18 Å². The van der Waals surface area contributed by atoms with Crippen LogP contribution >= 0.6 is 0 Å². The molecule has 0 spiro atoms. The highest BCUT2D eigenvalue weighted by molar-refractivity contribution is 5.92. The molecule has 2 aromatic carbocycles. The Morgan fingerprint density at radius 3 is 2.66 bits per heavy atom. The number of benzene rings is 2. The summed E-state index contributed by atoms with van der Waals surface area (Å²) in [6, 6.07) is 14.5. The van der Waals surface area contributed by atoms with Gasteiger partial charge in [0.15, 0.2) is 11.6 Å². The van der Waals surface area contributed by atoms with E-state index in [-0.39, 0.29) is 12.1 Å². The van der Waals surface area contributed by atoms with Crippen molar-refractivity contribution in [3.8, 4) is 11.5 Å². The second kappa shape index (κ2) is 13.0. The Morgan fingerprint density at radius 1 is 1.16 bits per heavy atom. The van der Waals surface area contributed by atoms with Gasteiger partial charge in [-0.1, -0.05) is 26.5 Å². The Morgan fingerprint density at radius 2 is 1.98 bits per heavy atom. The zero-order valence-corrected chi connectivity index (χ0v) is 25.2. The molecule has 0 saturated carbocycles. The maximum absolute atomic E-state index is 13.9. The third kappa shape index (κ3) is 6.12. The van der Waals surface area contributed by atoms with Gasteiger partial charge in [-0.3, -0.25) is 4.79 Å². The van der Waals surface area contributed by atoms with Gasteiger partial charge in [0.25, 0.3) is 5.91 Å². The first-order chi connectivity index (χ1) is 21.3. The standard InChI is InChI=1S/C33H35FN8O2/c1-6-23-15-21(16-24(7-2)42(23)33(43)20(4)34)26-11-12-28-31(40-26)32(38-18-37-28)39-22-8-13-30(19(3)14-22)44-25-9-10-27(36-5)29(17-25)41-35/h8-15,17-18,23-24,35-36H,4,6-7,16H2,1-3,5H3,(H,37,38,39). The number of nitrogens with zero attached hydrogens (tertiary/aromatic N) is 5. The van der Waals surface area contributed by atoms with Crippen LogP contribution in [0.2, 0.25) is 0 Å². The average molecular weight is 595 g/mol. The summed E-state index contributed by atoms with van der Waals surface area (Å²) in [5.41, 5.74) is 13.4. The van der Waals surface area contributed by atoms with E-state index in [1.807, 2.05) is 69.3 Å². The fraction of sp³-hybridized carbons (Fsp3) is 0.273. The predicted molar refractivity (Wildman–Crippen MR) is 171 cm³/mol. The molecule has 3 N–H and O–H groups in total. The van der Waals surface area contributed by atoms with Crippen molar-refractivity contribution in [1.29, 1.82) is 5.53 Å². The topological polar surface area (TPSA) is 128 Å². The maximum atomic E-state index is 13.9. The smallest absolute Gasteiger partial charge is 0.282 e. The molecule has 1 aliphatic rings. The van der Waals surface area contributed by atoms with Crippen LogP contribution in [0.25, 0.3) is 16.6 Å². The number of carbonyl (C=O) groups is 1. The lowest BCUT2D eigenvalue weighted by molar-refractivity contribution is -0.133. The number of amides is 1. The second-order valence-corrected chi connectivity index (χ2v) is 10.6. The van der Waals surface area contributed by atoms with Crippen LogP contribution in [-0.2, 0) is 4.79 Å². The van der Waals surface area contributed by atoms with Gasteiger partial charge in [0.1, 0.15) is 29.0 Å². The fourth-order valence-electron chi connectivity index (χ4n) is 5.50. The highest BCUT2D eigenvalue weighted by Gasteiger charge is 2.34. The molecule has 0 radical (unpaired) electrons. The number of halogens is 1. The van der Waals surface area contributed by atoms with Gasteiger partial charge in [-0.2, -0.15) is 5.11 Å². The van der Waals surface area contributed by atoms with Crippen molar-refractivity contribution in [1.82, 2.24) is 19.9 Å². The van der Waals surface area contributed by atoms with Gasteiger partial charge in [0.05, 0.1) is 22.9 Å². The number of fused-ring (bicyclic) bond motifs is 1. The molecule has 10 nitrogen and oxygen atoms in total. The minimum absolute atomic E-state index is 0.167. The van der Waals surface area contributed by atoms with Crippen LogP contribution < -0.4 is 15.4 Å². The largest absolute Gasteiger partial charge is 0.457 e. The molecule has 0 fully saturated rings. The first kappa shape index (κ1) is 30.3. The summed E-state index contributed by atoms with van der Waals surface area (Å²) in [5.74, 6) is 0.197. The van der Waals surface area contributed by atoms with E-state index in [2.05, 4.69) is 32.3 Å². The Bertz CT molecular complexity index is 1770. The minimum Gasteiger partial charge on any atom is -0.457 e. The van der Waals surface area contributed by atoms with E-state index in [0.717, 1.165) is 28.2 Å². The molecule has 0 aliphatic carbocycles. The van der Waals surface area contributed by atoms with Crippen LogP contribution in [0.15, 0.2) is 78.5 Å². The number of hydrogen-bond acceptors (Lipinski definition) is 9. The summed E-state index contributed by atoms with van der Waals surface area (Å²) in [6.07, 6.45) is 5.37. The molecule has 1 amide bonds. The van der Waals surface area contributed by atoms with Crippen molar-refractivity contribution in [3.63, 3.8) is 0 Å². The first-order valence-corrected chi connectivity index (χ1v) is 14.5. The Hall–Kier alpha value is -5.19. The molecule has 2 aromatic heterocycles. The summed E-state index contributed by atoms with van der Waals surface area (Å²) in [5, 5.41) is 9.95. The number of rotatable bonds is 10. The van der Waals surface area contributed by atoms with Crippen molar-refractivity contribution in [2.45, 2.75) is 52.1 Å². The zero-order chi connectivity index (χ0) is 31.4. The molecule has 4 aromatic rings. The van der Waals surface area contributed by atoms with Crippen molar-refractivity contribution >= 4 is 45.4 Å². The Balaban J connectivity index is 1.42. The number of hydrogen-bond donors (Lipinski definition) is 3. The minimum atomic E-state index is -0.942. The summed E-state index contributed by atoms with van der Waals surface area (Å²) >= 11 is 0. The normalized spacial score (nSPS) is 16.3. The number of ether oxygens (including phenoxy) is 1. The molecular weight excluding hydrogens is 559 g/mol. The summed E-state index contributed by atoms with van der Waals surface area (Å²) in [4.78, 5) is 28.1. The summed E-state index contributed by atoms with van der Waals surface area (Å²) in [7, 11) is 1.78. The molecular formula is C33H35FN8O2. The Labute approximate surface area is 255 Å². The highest BCUT2D eigenvalue weighted by Crippen LogP contribution is 2.36. The quantitative estimate of drug-likeness (QED) is 0.125. The van der Waals surface area contributed by atoms with Gasteiger partial charge < -0.3 is 20.3 Å². The third-order valence-electron chi connectivity index (χ3n) is 7.79. The number of carbonyl (C=O) groups excluding carboxylic acids is 1. The number of aromatic nitrogens is 3. The van der Waals surface area contributed by atoms with Crippen molar-refractivity contribution < 1.29 is 13.9 Å². The molecule has 0 bridgehead atoms. The van der Waals surface area contributed by atoms with Gasteiger partial charge in [0.2, 0.25) is 0 Å². The third-order valence-corrected chi connectivity index (χ3v) is 7.79. The van der Waals surface area contributed by atoms with Crippen LogP contribution in [0.1, 0.15) is 44.4 Å². The van der Waals surface area contributed by atoms with Gasteiger partial charge in [-0.25, -0.2) is 24.9 Å². The number of aryl methyl sites for hydroxylation is 1. The number of anilines is 3. The van der Waals surface area contributed by atoms with Crippen LogP contribution in [0.5, 0.6) is 11.5 Å². The number of nitrogens with one attached hydrogen (secondary N) is 3. The lowest BCUT2D eigenvalue weighted by Gasteiger charge is -2.40. The summed E-state index contributed by atoms with van der Waals surface area (Å²) < 4.78 is 19.9. The highest BCUT2D eigenvalue weighted by atomic mass is 19.1. The van der Waals surface area contributed by atoms with Gasteiger partial charge >= 0.3 is 0 Å². The first-order valence-electron chi connectivity index (χ1n) is 14.5. The predicted octanol–water partition coefficient (Wildman–Crippen LogP) is 8.23. The van der Waals surface area contributed by atoms with Gasteiger partial charge in [0, 0.05) is 24.8 Å². The maximum Gasteiger partial charge on any atom is 0.282 e. The van der Waals surface area contributed by atoms with E-state index in [0.29, 0.717) is 53.3 Å². The lowest BCUT2D eigenvalue weighted by Crippen LogP contribution is -2.48. The van der Waals surface area contributed by atoms with E-state index in [1.54, 1.807) is 18.0 Å². The molecule has 1 aliphatic heterocycles. The molecule has 2 atom stereocenters. The Kier molecular flexibility index (Phi) is 8.94. The fourth-order valence-corrected chi connectivity index (χ4v) is 5.50. The molecule has 11 heteroatoms. The van der Waals surface area contributed by atoms with Gasteiger partial charge in [-0.05, 0) is 79.8 Å². The second-order valence-electron chi connectivity index (χ2n) is 10.6. The molecule has 226 valence electrons. The van der Waals surface area contributed by atoms with Gasteiger partial charge in [-0.15, -0.1) is 0 Å². The lowest BCUT2D eigenvalue weighted by atomic mass is 9.90. The molecule has 44 heavy (non-hydrogen) atoms. The van der Waals surface area contributed by atoms with E-state index >= 15 is 0 Å². The van der Waals surface area contributed by atoms with E-state index in [1.165, 1.54) is 6.33 Å². The molecule has 5 rings (SSSR count). The van der Waals surface area contributed by atoms with E-state index in [4.69, 9.17) is 15.3 Å². The zero-order valence-electron chi connectivity index (χ0n) is 25.2. The van der Waals surface area contributed by atoms with Crippen molar-refractivity contribution in [2.75, 3.05) is 17.7 Å². The van der Waals surface area contributed by atoms with Crippen LogP contribution in [0, 0.1) is 12.5 Å². The SMILES string of the molecule is C=C(F)C(=O)N1C(CC)C=C(c2ccc3ncnc(Nc4ccc(Oc5ccc(NC)c(N=N)c5)c(C)c4)c3n2)CC1CC. The van der Waals surface area contributed by atoms with Crippen LogP contribution in [-0.4, -0.2) is 44.9 Å². The van der Waals surface area contributed by atoms with Crippen LogP contribution in [0.3, 0.4) is 0 Å². The molecule has 0 saturated heterocycles.